The molecule has 1 heterocycles. The van der Waals surface area contributed by atoms with Gasteiger partial charge in [0.25, 0.3) is 0 Å². The van der Waals surface area contributed by atoms with Gasteiger partial charge < -0.3 is 4.74 Å². The van der Waals surface area contributed by atoms with Gasteiger partial charge in [-0.3, -0.25) is 4.90 Å². The molecule has 0 radical (unpaired) electrons. The van der Waals surface area contributed by atoms with Gasteiger partial charge in [0.15, 0.2) is 0 Å². The van der Waals surface area contributed by atoms with Crippen LogP contribution in [-0.2, 0) is 10.9 Å². The summed E-state index contributed by atoms with van der Waals surface area (Å²) in [5, 5.41) is 0.438. The Morgan fingerprint density at radius 3 is 2.42 bits per heavy atom. The van der Waals surface area contributed by atoms with Crippen LogP contribution in [0.4, 0.5) is 28.0 Å². The van der Waals surface area contributed by atoms with Crippen molar-refractivity contribution in [3.63, 3.8) is 0 Å². The molecule has 0 saturated carbocycles. The Kier molecular flexibility index (Phi) is 4.13. The number of rotatable bonds is 2. The molecule has 1 saturated heterocycles. The van der Waals surface area contributed by atoms with Crippen LogP contribution in [0.5, 0.6) is 0 Å². The van der Waals surface area contributed by atoms with Gasteiger partial charge in [-0.1, -0.05) is 11.6 Å². The summed E-state index contributed by atoms with van der Waals surface area (Å²) in [6.07, 6.45) is -5.41. The van der Waals surface area contributed by atoms with Gasteiger partial charge in [0, 0.05) is 10.7 Å². The van der Waals surface area contributed by atoms with Gasteiger partial charge in [-0.2, -0.15) is 13.2 Å². The van der Waals surface area contributed by atoms with Crippen molar-refractivity contribution in [2.45, 2.75) is 12.2 Å². The molecule has 1 amide bonds. The Balaban J connectivity index is 2.03. The summed E-state index contributed by atoms with van der Waals surface area (Å²) in [7, 11) is 0. The second kappa shape index (κ2) is 5.98. The van der Waals surface area contributed by atoms with E-state index in [2.05, 4.69) is 0 Å². The van der Waals surface area contributed by atoms with Crippen LogP contribution in [0.2, 0.25) is 5.02 Å². The van der Waals surface area contributed by atoms with Gasteiger partial charge in [0.1, 0.15) is 12.4 Å². The molecule has 0 spiro atoms. The number of hydrogen-bond acceptors (Lipinski definition) is 2. The Morgan fingerprint density at radius 1 is 1.12 bits per heavy atom. The van der Waals surface area contributed by atoms with Crippen molar-refractivity contribution in [1.82, 2.24) is 0 Å². The van der Waals surface area contributed by atoms with Crippen molar-refractivity contribution in [2.75, 3.05) is 11.5 Å². The molecule has 3 nitrogen and oxygen atoms in total. The highest BCUT2D eigenvalue weighted by Gasteiger charge is 2.38. The Hall–Kier alpha value is -2.28. The molecule has 0 aliphatic carbocycles. The highest BCUT2D eigenvalue weighted by Crippen LogP contribution is 2.37. The molecule has 1 unspecified atom stereocenters. The number of alkyl halides is 3. The van der Waals surface area contributed by atoms with Gasteiger partial charge in [-0.15, -0.1) is 0 Å². The molecule has 1 fully saturated rings. The zero-order valence-corrected chi connectivity index (χ0v) is 12.7. The van der Waals surface area contributed by atoms with Crippen LogP contribution in [0.25, 0.3) is 0 Å². The summed E-state index contributed by atoms with van der Waals surface area (Å²) in [5.74, 6) is -1.03. The van der Waals surface area contributed by atoms with Crippen LogP contribution in [0, 0.1) is 5.82 Å². The monoisotopic (exact) mass is 359 g/mol. The molecule has 2 aromatic rings. The van der Waals surface area contributed by atoms with E-state index in [1.54, 1.807) is 0 Å². The number of benzene rings is 2. The Bertz CT molecular complexity index is 777. The zero-order chi connectivity index (χ0) is 17.5. The Labute approximate surface area is 139 Å². The minimum atomic E-state index is -4.69. The van der Waals surface area contributed by atoms with Gasteiger partial charge in [-0.25, -0.2) is 9.18 Å². The van der Waals surface area contributed by atoms with E-state index in [1.807, 2.05) is 0 Å². The van der Waals surface area contributed by atoms with E-state index in [-0.39, 0.29) is 12.2 Å². The van der Waals surface area contributed by atoms with Crippen LogP contribution in [0.3, 0.4) is 0 Å². The van der Waals surface area contributed by atoms with E-state index in [0.717, 1.165) is 12.1 Å². The maximum atomic E-state index is 13.6. The van der Waals surface area contributed by atoms with E-state index < -0.39 is 29.7 Å². The molecule has 3 rings (SSSR count). The lowest BCUT2D eigenvalue weighted by molar-refractivity contribution is -0.137. The predicted octanol–water partition coefficient (Wildman–Crippen LogP) is 5.20. The number of hydrogen-bond donors (Lipinski definition) is 0. The molecule has 1 atom stereocenters. The Morgan fingerprint density at radius 2 is 1.79 bits per heavy atom. The minimum absolute atomic E-state index is 0.00289. The molecular weight excluding hydrogens is 350 g/mol. The van der Waals surface area contributed by atoms with E-state index in [4.69, 9.17) is 16.3 Å². The lowest BCUT2D eigenvalue weighted by atomic mass is 10.0. The van der Waals surface area contributed by atoms with Crippen molar-refractivity contribution in [1.29, 1.82) is 0 Å². The van der Waals surface area contributed by atoms with Crippen LogP contribution >= 0.6 is 11.6 Å². The summed E-state index contributed by atoms with van der Waals surface area (Å²) in [4.78, 5) is 13.1. The van der Waals surface area contributed by atoms with Gasteiger partial charge in [0.05, 0.1) is 11.6 Å². The fourth-order valence-electron chi connectivity index (χ4n) is 2.52. The van der Waals surface area contributed by atoms with E-state index in [0.29, 0.717) is 16.8 Å². The minimum Gasteiger partial charge on any atom is -0.447 e. The third-order valence-electron chi connectivity index (χ3n) is 3.61. The number of carbonyl (C=O) groups excluding carboxylic acids is 1. The first-order valence-corrected chi connectivity index (χ1v) is 7.23. The summed E-state index contributed by atoms with van der Waals surface area (Å²) in [5.41, 5.74) is -0.722. The normalized spacial score (nSPS) is 18.0. The van der Waals surface area contributed by atoms with E-state index >= 15 is 0 Å². The molecular formula is C16H10ClF4NO2. The summed E-state index contributed by atoms with van der Waals surface area (Å²) in [6, 6.07) is 7.46. The number of carbonyl (C=O) groups is 1. The van der Waals surface area contributed by atoms with Crippen molar-refractivity contribution in [3.8, 4) is 0 Å². The average molecular weight is 360 g/mol. The molecule has 24 heavy (non-hydrogen) atoms. The molecule has 0 N–H and O–H groups in total. The standard InChI is InChI=1S/C16H10ClF4NO2/c17-11-1-3-13(4-2-11)22-14(8-24-15(22)23)9-5-10(16(19,20)21)7-12(18)6-9/h1-7,14H,8H2. The number of ether oxygens (including phenoxy) is 1. The quantitative estimate of drug-likeness (QED) is 0.690. The number of nitrogens with zero attached hydrogens (tertiary/aromatic N) is 1. The number of anilines is 1. The van der Waals surface area contributed by atoms with Gasteiger partial charge >= 0.3 is 12.3 Å². The van der Waals surface area contributed by atoms with Crippen LogP contribution in [-0.4, -0.2) is 12.7 Å². The first-order chi connectivity index (χ1) is 11.3. The van der Waals surface area contributed by atoms with Crippen molar-refractivity contribution in [2.24, 2.45) is 0 Å². The third-order valence-corrected chi connectivity index (χ3v) is 3.86. The number of cyclic esters (lactones) is 1. The molecule has 8 heteroatoms. The lowest BCUT2D eigenvalue weighted by Crippen LogP contribution is -2.27. The smallest absolute Gasteiger partial charge is 0.416 e. The first-order valence-electron chi connectivity index (χ1n) is 6.85. The van der Waals surface area contributed by atoms with E-state index in [9.17, 15) is 22.4 Å². The van der Waals surface area contributed by atoms with Crippen LogP contribution in [0.1, 0.15) is 17.2 Å². The molecule has 126 valence electrons. The second-order valence-electron chi connectivity index (χ2n) is 5.21. The van der Waals surface area contributed by atoms with Crippen molar-refractivity contribution in [3.05, 3.63) is 64.4 Å². The largest absolute Gasteiger partial charge is 0.447 e. The van der Waals surface area contributed by atoms with Gasteiger partial charge in [0.2, 0.25) is 0 Å². The molecule has 0 bridgehead atoms. The summed E-state index contributed by atoms with van der Waals surface area (Å²) in [6.45, 7) is -0.178. The van der Waals surface area contributed by atoms with Crippen LogP contribution < -0.4 is 4.90 Å². The second-order valence-corrected chi connectivity index (χ2v) is 5.65. The maximum absolute atomic E-state index is 13.6. The molecule has 1 aliphatic rings. The molecule has 0 aromatic heterocycles. The third kappa shape index (κ3) is 3.17. The van der Waals surface area contributed by atoms with E-state index in [1.165, 1.54) is 29.2 Å². The molecule has 1 aliphatic heterocycles. The summed E-state index contributed by atoms with van der Waals surface area (Å²) >= 11 is 5.79. The highest BCUT2D eigenvalue weighted by molar-refractivity contribution is 6.30. The average Bonchev–Trinajstić information content (AvgIpc) is 2.88. The topological polar surface area (TPSA) is 29.5 Å². The fourth-order valence-corrected chi connectivity index (χ4v) is 2.65. The lowest BCUT2D eigenvalue weighted by Gasteiger charge is -2.22. The molecule has 2 aromatic carbocycles. The summed E-state index contributed by atoms with van der Waals surface area (Å²) < 4.78 is 57.2. The SMILES string of the molecule is O=C1OCC(c2cc(F)cc(C(F)(F)F)c2)N1c1ccc(Cl)cc1. The number of halogens is 5. The van der Waals surface area contributed by atoms with Crippen LogP contribution in [0.15, 0.2) is 42.5 Å². The predicted molar refractivity (Wildman–Crippen MR) is 79.4 cm³/mol. The van der Waals surface area contributed by atoms with Crippen molar-refractivity contribution >= 4 is 23.4 Å². The number of amides is 1. The van der Waals surface area contributed by atoms with Crippen molar-refractivity contribution < 1.29 is 27.1 Å². The zero-order valence-electron chi connectivity index (χ0n) is 12.0. The maximum Gasteiger partial charge on any atom is 0.416 e. The fraction of sp³-hybridized carbons (Fsp3) is 0.188. The first kappa shape index (κ1) is 16.6. The van der Waals surface area contributed by atoms with Gasteiger partial charge in [-0.05, 0) is 48.0 Å². The highest BCUT2D eigenvalue weighted by atomic mass is 35.5.